The number of anilines is 1. The lowest BCUT2D eigenvalue weighted by molar-refractivity contribution is -0.146. The second-order valence-corrected chi connectivity index (χ2v) is 7.67. The molecule has 9 heteroatoms. The molecular formula is C18H19Cl2N5O2. The van der Waals surface area contributed by atoms with Crippen LogP contribution in [0.4, 0.5) is 5.95 Å². The Morgan fingerprint density at radius 1 is 1.22 bits per heavy atom. The maximum atomic E-state index is 13.1. The minimum absolute atomic E-state index is 0.0451. The van der Waals surface area contributed by atoms with Crippen molar-refractivity contribution in [3.63, 3.8) is 0 Å². The van der Waals surface area contributed by atoms with Gasteiger partial charge in [0.1, 0.15) is 12.1 Å². The summed E-state index contributed by atoms with van der Waals surface area (Å²) >= 11 is 12.3. The predicted octanol–water partition coefficient (Wildman–Crippen LogP) is 4.14. The third-order valence-corrected chi connectivity index (χ3v) is 5.76. The van der Waals surface area contributed by atoms with E-state index in [0.717, 1.165) is 31.2 Å². The molecule has 1 aromatic heterocycles. The molecule has 142 valence electrons. The molecule has 0 amide bonds. The van der Waals surface area contributed by atoms with Gasteiger partial charge in [0.05, 0.1) is 15.6 Å². The molecule has 2 heterocycles. The Bertz CT molecular complexity index is 905. The zero-order chi connectivity index (χ0) is 19.0. The number of tetrazole rings is 1. The number of allylic oxidation sites excluding steroid dienone is 1. The van der Waals surface area contributed by atoms with Crippen molar-refractivity contribution < 1.29 is 9.53 Å². The van der Waals surface area contributed by atoms with Crippen LogP contribution in [-0.4, -0.2) is 32.3 Å². The van der Waals surface area contributed by atoms with Gasteiger partial charge in [0.25, 0.3) is 0 Å². The molecule has 0 saturated heterocycles. The first-order chi connectivity index (χ1) is 13.0. The fourth-order valence-electron chi connectivity index (χ4n) is 3.67. The van der Waals surface area contributed by atoms with E-state index in [1.54, 1.807) is 16.8 Å². The molecule has 4 rings (SSSR count). The van der Waals surface area contributed by atoms with Gasteiger partial charge in [-0.15, -0.1) is 0 Å². The molecule has 0 spiro atoms. The number of hydrogen-bond donors (Lipinski definition) is 1. The maximum absolute atomic E-state index is 13.1. The van der Waals surface area contributed by atoms with E-state index in [0.29, 0.717) is 27.3 Å². The van der Waals surface area contributed by atoms with Crippen LogP contribution in [0.5, 0.6) is 0 Å². The number of aromatic nitrogens is 4. The summed E-state index contributed by atoms with van der Waals surface area (Å²) in [5.41, 5.74) is 1.89. The van der Waals surface area contributed by atoms with E-state index in [1.807, 2.05) is 13.0 Å². The zero-order valence-electron chi connectivity index (χ0n) is 14.8. The molecule has 1 saturated carbocycles. The number of carbonyl (C=O) groups excluding carboxylic acids is 1. The molecule has 1 atom stereocenters. The monoisotopic (exact) mass is 407 g/mol. The Hall–Kier alpha value is -2.12. The Morgan fingerprint density at radius 3 is 2.74 bits per heavy atom. The smallest absolute Gasteiger partial charge is 0.338 e. The van der Waals surface area contributed by atoms with E-state index < -0.39 is 6.04 Å². The van der Waals surface area contributed by atoms with Crippen LogP contribution in [0.15, 0.2) is 29.5 Å². The van der Waals surface area contributed by atoms with Crippen LogP contribution >= 0.6 is 23.2 Å². The number of nitrogens with zero attached hydrogens (tertiary/aromatic N) is 4. The highest BCUT2D eigenvalue weighted by molar-refractivity contribution is 6.42. The van der Waals surface area contributed by atoms with Gasteiger partial charge in [-0.2, -0.15) is 4.68 Å². The van der Waals surface area contributed by atoms with Crippen LogP contribution < -0.4 is 5.32 Å². The summed E-state index contributed by atoms with van der Waals surface area (Å²) in [6, 6.07) is 4.70. The van der Waals surface area contributed by atoms with Crippen molar-refractivity contribution in [1.29, 1.82) is 0 Å². The van der Waals surface area contributed by atoms with Gasteiger partial charge in [-0.3, -0.25) is 0 Å². The van der Waals surface area contributed by atoms with Crippen molar-refractivity contribution in [2.75, 3.05) is 5.32 Å². The van der Waals surface area contributed by atoms with Crippen molar-refractivity contribution >= 4 is 35.1 Å². The van der Waals surface area contributed by atoms with Crippen molar-refractivity contribution in [2.24, 2.45) is 0 Å². The number of fused-ring (bicyclic) bond motifs is 1. The van der Waals surface area contributed by atoms with E-state index in [-0.39, 0.29) is 12.1 Å². The van der Waals surface area contributed by atoms with E-state index in [2.05, 4.69) is 20.8 Å². The largest absolute Gasteiger partial charge is 0.459 e. The highest BCUT2D eigenvalue weighted by Crippen LogP contribution is 2.37. The van der Waals surface area contributed by atoms with Crippen LogP contribution in [0.3, 0.4) is 0 Å². The van der Waals surface area contributed by atoms with E-state index in [4.69, 9.17) is 27.9 Å². The summed E-state index contributed by atoms with van der Waals surface area (Å²) < 4.78 is 7.38. The summed E-state index contributed by atoms with van der Waals surface area (Å²) in [7, 11) is 0. The number of ether oxygens (including phenoxy) is 1. The summed E-state index contributed by atoms with van der Waals surface area (Å²) in [6.45, 7) is 1.82. The molecule has 0 bridgehead atoms. The number of halogens is 2. The van der Waals surface area contributed by atoms with E-state index >= 15 is 0 Å². The molecule has 2 aliphatic rings. The first-order valence-electron chi connectivity index (χ1n) is 8.96. The number of esters is 1. The molecule has 1 unspecified atom stereocenters. The fraction of sp³-hybridized carbons (Fsp3) is 0.444. The molecule has 1 aromatic carbocycles. The van der Waals surface area contributed by atoms with Gasteiger partial charge in [0.2, 0.25) is 5.95 Å². The number of hydrogen-bond acceptors (Lipinski definition) is 6. The Kier molecular flexibility index (Phi) is 5.06. The zero-order valence-corrected chi connectivity index (χ0v) is 16.3. The molecule has 2 aromatic rings. The average molecular weight is 408 g/mol. The molecule has 1 fully saturated rings. The molecule has 7 nitrogen and oxygen atoms in total. The Morgan fingerprint density at radius 2 is 2.00 bits per heavy atom. The average Bonchev–Trinajstić information content (AvgIpc) is 3.11. The van der Waals surface area contributed by atoms with Gasteiger partial charge in [-0.1, -0.05) is 40.8 Å². The molecular weight excluding hydrogens is 389 g/mol. The minimum atomic E-state index is -0.540. The molecule has 1 N–H and O–H groups in total. The predicted molar refractivity (Wildman–Crippen MR) is 102 cm³/mol. The lowest BCUT2D eigenvalue weighted by atomic mass is 9.95. The minimum Gasteiger partial charge on any atom is -0.459 e. The highest BCUT2D eigenvalue weighted by atomic mass is 35.5. The van der Waals surface area contributed by atoms with Gasteiger partial charge in [0, 0.05) is 5.70 Å². The van der Waals surface area contributed by atoms with E-state index in [1.165, 1.54) is 6.42 Å². The van der Waals surface area contributed by atoms with Crippen LogP contribution in [0.1, 0.15) is 50.6 Å². The second-order valence-electron chi connectivity index (χ2n) is 6.85. The van der Waals surface area contributed by atoms with Crippen LogP contribution in [0.25, 0.3) is 0 Å². The number of carbonyl (C=O) groups is 1. The SMILES string of the molecule is CC1=C(C(=O)OC2CCCCC2)C(c2ccc(Cl)c(Cl)c2)n2nnnc2N1. The first-order valence-corrected chi connectivity index (χ1v) is 9.72. The first kappa shape index (κ1) is 18.3. The van der Waals surface area contributed by atoms with Crippen molar-refractivity contribution in [3.8, 4) is 0 Å². The lowest BCUT2D eigenvalue weighted by Crippen LogP contribution is -2.32. The quantitative estimate of drug-likeness (QED) is 0.769. The fourth-order valence-corrected chi connectivity index (χ4v) is 3.97. The second kappa shape index (κ2) is 7.48. The third kappa shape index (κ3) is 3.53. The Labute approximate surface area is 166 Å². The van der Waals surface area contributed by atoms with Gasteiger partial charge >= 0.3 is 5.97 Å². The van der Waals surface area contributed by atoms with E-state index in [9.17, 15) is 4.79 Å². The Balaban J connectivity index is 1.72. The molecule has 1 aliphatic carbocycles. The van der Waals surface area contributed by atoms with Gasteiger partial charge in [0.15, 0.2) is 0 Å². The topological polar surface area (TPSA) is 81.9 Å². The molecule has 27 heavy (non-hydrogen) atoms. The number of nitrogens with one attached hydrogen (secondary N) is 1. The van der Waals surface area contributed by atoms with Crippen LogP contribution in [0, 0.1) is 0 Å². The number of rotatable bonds is 3. The van der Waals surface area contributed by atoms with Gasteiger partial charge < -0.3 is 10.1 Å². The number of benzene rings is 1. The van der Waals surface area contributed by atoms with Gasteiger partial charge in [-0.05, 0) is 60.7 Å². The van der Waals surface area contributed by atoms with Crippen LogP contribution in [0.2, 0.25) is 10.0 Å². The summed E-state index contributed by atoms with van der Waals surface area (Å²) in [6.07, 6.45) is 5.12. The lowest BCUT2D eigenvalue weighted by Gasteiger charge is -2.29. The maximum Gasteiger partial charge on any atom is 0.338 e. The highest BCUT2D eigenvalue weighted by Gasteiger charge is 2.36. The van der Waals surface area contributed by atoms with Gasteiger partial charge in [-0.25, -0.2) is 4.79 Å². The van der Waals surface area contributed by atoms with Crippen LogP contribution in [-0.2, 0) is 9.53 Å². The molecule has 1 aliphatic heterocycles. The van der Waals surface area contributed by atoms with Crippen molar-refractivity contribution in [2.45, 2.75) is 51.2 Å². The van der Waals surface area contributed by atoms with Crippen molar-refractivity contribution in [3.05, 3.63) is 45.1 Å². The summed E-state index contributed by atoms with van der Waals surface area (Å²) in [4.78, 5) is 13.1. The molecule has 0 radical (unpaired) electrons. The summed E-state index contributed by atoms with van der Waals surface area (Å²) in [5, 5.41) is 15.7. The normalized spacial score (nSPS) is 20.2. The van der Waals surface area contributed by atoms with Crippen molar-refractivity contribution in [1.82, 2.24) is 20.2 Å². The summed E-state index contributed by atoms with van der Waals surface area (Å²) in [5.74, 6) is 0.0990. The standard InChI is InChI=1S/C18H19Cl2N5O2/c1-10-15(17(26)27-12-5-3-2-4-6-12)16(25-18(21-10)22-23-24-25)11-7-8-13(19)14(20)9-11/h7-9,12,16H,2-6H2,1H3,(H,21,22,24). The third-order valence-electron chi connectivity index (χ3n) is 5.02.